The Bertz CT molecular complexity index is 1300. The maximum absolute atomic E-state index is 12.8. The quantitative estimate of drug-likeness (QED) is 0.524. The van der Waals surface area contributed by atoms with Gasteiger partial charge in [0.1, 0.15) is 11.5 Å². The summed E-state index contributed by atoms with van der Waals surface area (Å²) in [5, 5.41) is 11.1. The molecule has 2 aromatic heterocycles. The summed E-state index contributed by atoms with van der Waals surface area (Å²) in [6, 6.07) is 9.17. The largest absolute Gasteiger partial charge is 0.389 e. The average Bonchev–Trinajstić information content (AvgIpc) is 3.53. The molecule has 2 aliphatic rings. The molecule has 3 aromatic rings. The second-order valence-electron chi connectivity index (χ2n) is 9.86. The highest BCUT2D eigenvalue weighted by atomic mass is 19.4. The number of hydrogen-bond donors (Lipinski definition) is 1. The predicted octanol–water partition coefficient (Wildman–Crippen LogP) is 4.50. The van der Waals surface area contributed by atoms with Gasteiger partial charge in [-0.1, -0.05) is 11.3 Å². The number of aryl methyl sites for hydroxylation is 2. The zero-order valence-corrected chi connectivity index (χ0v) is 21.3. The van der Waals surface area contributed by atoms with Crippen LogP contribution in [0.3, 0.4) is 0 Å². The number of nitrogens with zero attached hydrogens (tertiary/aromatic N) is 6. The number of aromatic nitrogens is 4. The Labute approximate surface area is 218 Å². The number of morpholine rings is 1. The number of ether oxygens (including phenoxy) is 1. The van der Waals surface area contributed by atoms with Crippen molar-refractivity contribution in [3.8, 4) is 22.5 Å². The Morgan fingerprint density at radius 1 is 1.13 bits per heavy atom. The molecule has 5 rings (SSSR count). The second kappa shape index (κ2) is 10.6. The van der Waals surface area contributed by atoms with Gasteiger partial charge in [0.05, 0.1) is 25.1 Å². The van der Waals surface area contributed by atoms with E-state index in [4.69, 9.17) is 9.72 Å². The average molecular weight is 530 g/mol. The number of nitrogens with one attached hydrogen (secondary N) is 1. The number of halogens is 3. The number of carbonyl (C=O) groups excluding carboxylic acids is 1. The van der Waals surface area contributed by atoms with Crippen LogP contribution in [0.15, 0.2) is 36.5 Å². The van der Waals surface area contributed by atoms with Gasteiger partial charge in [-0.3, -0.25) is 4.68 Å². The number of urea groups is 1. The van der Waals surface area contributed by atoms with E-state index in [0.29, 0.717) is 43.3 Å². The maximum atomic E-state index is 12.8. The fourth-order valence-corrected chi connectivity index (χ4v) is 4.95. The summed E-state index contributed by atoms with van der Waals surface area (Å²) in [4.78, 5) is 21.3. The SMILES string of the molecule is Cc1ccc(NC(=O)N2CC[C@@H](CC(F)(F)F)C2)cc1-c1cc(-c2cn(C)nn2)nc(N2CCOCC2)c1. The van der Waals surface area contributed by atoms with Gasteiger partial charge in [-0.2, -0.15) is 13.2 Å². The van der Waals surface area contributed by atoms with E-state index >= 15 is 0 Å². The van der Waals surface area contributed by atoms with Crippen LogP contribution >= 0.6 is 0 Å². The lowest BCUT2D eigenvalue weighted by Crippen LogP contribution is -2.36. The zero-order chi connectivity index (χ0) is 26.9. The highest BCUT2D eigenvalue weighted by Gasteiger charge is 2.36. The Morgan fingerprint density at radius 2 is 1.92 bits per heavy atom. The molecule has 2 saturated heterocycles. The fraction of sp³-hybridized carbons (Fsp3) is 0.462. The molecule has 0 aliphatic carbocycles. The van der Waals surface area contributed by atoms with E-state index in [1.807, 2.05) is 31.2 Å². The van der Waals surface area contributed by atoms with E-state index in [2.05, 4.69) is 20.5 Å². The molecule has 0 bridgehead atoms. The molecule has 12 heteroatoms. The van der Waals surface area contributed by atoms with Crippen molar-refractivity contribution in [3.63, 3.8) is 0 Å². The Kier molecular flexibility index (Phi) is 7.24. The molecule has 0 radical (unpaired) electrons. The molecule has 9 nitrogen and oxygen atoms in total. The molecule has 1 aromatic carbocycles. The number of anilines is 2. The van der Waals surface area contributed by atoms with Gasteiger partial charge in [-0.15, -0.1) is 5.10 Å². The lowest BCUT2D eigenvalue weighted by atomic mass is 9.99. The van der Waals surface area contributed by atoms with Gasteiger partial charge in [0.2, 0.25) is 0 Å². The minimum Gasteiger partial charge on any atom is -0.378 e. The predicted molar refractivity (Wildman–Crippen MR) is 137 cm³/mol. The van der Waals surface area contributed by atoms with Crippen LogP contribution in [0.4, 0.5) is 29.5 Å². The molecule has 4 heterocycles. The van der Waals surface area contributed by atoms with Crippen molar-refractivity contribution in [1.29, 1.82) is 0 Å². The first-order valence-corrected chi connectivity index (χ1v) is 12.6. The number of alkyl halides is 3. The topological polar surface area (TPSA) is 88.4 Å². The number of benzene rings is 1. The van der Waals surface area contributed by atoms with E-state index in [0.717, 1.165) is 35.6 Å². The van der Waals surface area contributed by atoms with Crippen LogP contribution in [-0.4, -0.2) is 76.5 Å². The summed E-state index contributed by atoms with van der Waals surface area (Å²) < 4.78 is 45.4. The third kappa shape index (κ3) is 6.07. The van der Waals surface area contributed by atoms with Crippen LogP contribution in [0.25, 0.3) is 22.5 Å². The monoisotopic (exact) mass is 529 g/mol. The Morgan fingerprint density at radius 3 is 2.63 bits per heavy atom. The van der Waals surface area contributed by atoms with Crippen LogP contribution in [0.2, 0.25) is 0 Å². The standard InChI is InChI=1S/C26H30F3N7O2/c1-17-3-4-20(30-25(37)36-6-5-18(15-36)14-26(27,28)29)13-21(17)19-11-22(23-16-34(2)33-32-23)31-24(12-19)35-7-9-38-10-8-35/h3-4,11-13,16,18H,5-10,14-15H2,1-2H3,(H,30,37)/t18-/m0/s1. The van der Waals surface area contributed by atoms with Crippen molar-refractivity contribution >= 4 is 17.5 Å². The van der Waals surface area contributed by atoms with Crippen molar-refractivity contribution in [2.24, 2.45) is 13.0 Å². The molecule has 202 valence electrons. The highest BCUT2D eigenvalue weighted by Crippen LogP contribution is 2.33. The molecule has 0 saturated carbocycles. The molecule has 1 atom stereocenters. The zero-order valence-electron chi connectivity index (χ0n) is 21.3. The van der Waals surface area contributed by atoms with Gasteiger partial charge in [0, 0.05) is 45.3 Å². The smallest absolute Gasteiger partial charge is 0.378 e. The van der Waals surface area contributed by atoms with Crippen molar-refractivity contribution < 1.29 is 22.7 Å². The normalized spacial score (nSPS) is 18.2. The molecule has 1 N–H and O–H groups in total. The molecule has 0 unspecified atom stereocenters. The third-order valence-corrected chi connectivity index (χ3v) is 6.91. The van der Waals surface area contributed by atoms with Crippen LogP contribution in [0.1, 0.15) is 18.4 Å². The van der Waals surface area contributed by atoms with Gasteiger partial charge in [-0.25, -0.2) is 9.78 Å². The summed E-state index contributed by atoms with van der Waals surface area (Å²) >= 11 is 0. The van der Waals surface area contributed by atoms with Gasteiger partial charge in [0.15, 0.2) is 0 Å². The minimum atomic E-state index is -4.22. The fourth-order valence-electron chi connectivity index (χ4n) is 4.95. The first kappa shape index (κ1) is 26.0. The summed E-state index contributed by atoms with van der Waals surface area (Å²) in [5.41, 5.74) is 4.70. The summed E-state index contributed by atoms with van der Waals surface area (Å²) in [6.45, 7) is 5.06. The van der Waals surface area contributed by atoms with Gasteiger partial charge < -0.3 is 19.9 Å². The number of carbonyl (C=O) groups is 1. The van der Waals surface area contributed by atoms with E-state index < -0.39 is 24.5 Å². The van der Waals surface area contributed by atoms with Crippen molar-refractivity contribution in [2.45, 2.75) is 25.9 Å². The number of likely N-dealkylation sites (tertiary alicyclic amines) is 1. The summed E-state index contributed by atoms with van der Waals surface area (Å²) in [5.74, 6) is 0.234. The molecule has 38 heavy (non-hydrogen) atoms. The molecular weight excluding hydrogens is 499 g/mol. The van der Waals surface area contributed by atoms with E-state index in [-0.39, 0.29) is 6.54 Å². The van der Waals surface area contributed by atoms with Gasteiger partial charge in [-0.05, 0) is 60.2 Å². The molecule has 2 amide bonds. The van der Waals surface area contributed by atoms with Gasteiger partial charge >= 0.3 is 12.2 Å². The van der Waals surface area contributed by atoms with Crippen molar-refractivity contribution in [2.75, 3.05) is 49.6 Å². The third-order valence-electron chi connectivity index (χ3n) is 6.91. The Balaban J connectivity index is 1.41. The number of rotatable bonds is 5. The second-order valence-corrected chi connectivity index (χ2v) is 9.86. The summed E-state index contributed by atoms with van der Waals surface area (Å²) in [7, 11) is 1.80. The first-order chi connectivity index (χ1) is 18.1. The maximum Gasteiger partial charge on any atom is 0.389 e. The molecular formula is C26H30F3N7O2. The van der Waals surface area contributed by atoms with Crippen molar-refractivity contribution in [1.82, 2.24) is 24.9 Å². The minimum absolute atomic E-state index is 0.0960. The molecule has 2 fully saturated rings. The molecule has 0 spiro atoms. The van der Waals surface area contributed by atoms with Crippen LogP contribution in [-0.2, 0) is 11.8 Å². The van der Waals surface area contributed by atoms with Crippen LogP contribution in [0, 0.1) is 12.8 Å². The number of pyridine rings is 1. The summed E-state index contributed by atoms with van der Waals surface area (Å²) in [6.07, 6.45) is -2.94. The lowest BCUT2D eigenvalue weighted by molar-refractivity contribution is -0.143. The van der Waals surface area contributed by atoms with Crippen molar-refractivity contribution in [3.05, 3.63) is 42.1 Å². The van der Waals surface area contributed by atoms with E-state index in [9.17, 15) is 18.0 Å². The first-order valence-electron chi connectivity index (χ1n) is 12.6. The van der Waals surface area contributed by atoms with E-state index in [1.165, 1.54) is 4.90 Å². The van der Waals surface area contributed by atoms with Crippen LogP contribution < -0.4 is 10.2 Å². The van der Waals surface area contributed by atoms with Crippen LogP contribution in [0.5, 0.6) is 0 Å². The number of amides is 2. The van der Waals surface area contributed by atoms with Gasteiger partial charge in [0.25, 0.3) is 0 Å². The number of hydrogen-bond acceptors (Lipinski definition) is 6. The van der Waals surface area contributed by atoms with E-state index in [1.54, 1.807) is 24.0 Å². The Hall–Kier alpha value is -3.67. The lowest BCUT2D eigenvalue weighted by Gasteiger charge is -2.28. The highest BCUT2D eigenvalue weighted by molar-refractivity contribution is 5.91. The molecule has 2 aliphatic heterocycles.